The molecular formula is C37H37N5O3S2. The van der Waals surface area contributed by atoms with Gasteiger partial charge in [0.05, 0.1) is 29.6 Å². The summed E-state index contributed by atoms with van der Waals surface area (Å²) >= 11 is 3.18. The number of nitrogens with zero attached hydrogens (tertiary/aromatic N) is 5. The van der Waals surface area contributed by atoms with Gasteiger partial charge in [-0.3, -0.25) is 4.79 Å². The molecule has 0 N–H and O–H groups in total. The summed E-state index contributed by atoms with van der Waals surface area (Å²) in [5, 5.41) is 9.43. The Morgan fingerprint density at radius 1 is 0.915 bits per heavy atom. The number of ether oxygens (including phenoxy) is 2. The summed E-state index contributed by atoms with van der Waals surface area (Å²) in [6, 6.07) is 24.2. The van der Waals surface area contributed by atoms with E-state index >= 15 is 0 Å². The minimum atomic E-state index is -0.214. The van der Waals surface area contributed by atoms with E-state index in [0.717, 1.165) is 52.4 Å². The quantitative estimate of drug-likeness (QED) is 0.0869. The molecule has 0 aliphatic rings. The Morgan fingerprint density at radius 2 is 1.72 bits per heavy atom. The van der Waals surface area contributed by atoms with Crippen molar-refractivity contribution >= 4 is 46.3 Å². The van der Waals surface area contributed by atoms with Crippen molar-refractivity contribution in [1.29, 1.82) is 0 Å². The number of unbranched alkanes of at least 4 members (excludes halogenated alkanes) is 2. The zero-order chi connectivity index (χ0) is 32.6. The lowest BCUT2D eigenvalue weighted by atomic mass is 10.1. The van der Waals surface area contributed by atoms with E-state index in [0.29, 0.717) is 27.7 Å². The highest BCUT2D eigenvalue weighted by Crippen LogP contribution is 2.30. The number of thiazole rings is 1. The molecule has 0 amide bonds. The van der Waals surface area contributed by atoms with Crippen molar-refractivity contribution in [3.05, 3.63) is 111 Å². The van der Waals surface area contributed by atoms with E-state index in [1.807, 2.05) is 83.3 Å². The van der Waals surface area contributed by atoms with Gasteiger partial charge in [0.1, 0.15) is 0 Å². The molecule has 6 aromatic rings. The summed E-state index contributed by atoms with van der Waals surface area (Å²) in [5.41, 5.74) is 4.28. The van der Waals surface area contributed by atoms with Gasteiger partial charge in [0.15, 0.2) is 17.3 Å². The zero-order valence-electron chi connectivity index (χ0n) is 26.8. The van der Waals surface area contributed by atoms with Crippen LogP contribution in [-0.4, -0.2) is 43.8 Å². The minimum Gasteiger partial charge on any atom is -0.493 e. The van der Waals surface area contributed by atoms with Gasteiger partial charge in [-0.2, -0.15) is 14.6 Å². The van der Waals surface area contributed by atoms with E-state index in [9.17, 15) is 4.79 Å². The summed E-state index contributed by atoms with van der Waals surface area (Å²) in [6.07, 6.45) is 12.0. The fourth-order valence-corrected chi connectivity index (χ4v) is 6.84. The molecule has 0 fully saturated rings. The van der Waals surface area contributed by atoms with Crippen LogP contribution in [0.5, 0.6) is 11.5 Å². The topological polar surface area (TPSA) is 83.5 Å². The van der Waals surface area contributed by atoms with Crippen LogP contribution in [0.2, 0.25) is 0 Å². The van der Waals surface area contributed by atoms with Gasteiger partial charge in [-0.15, -0.1) is 16.9 Å². The van der Waals surface area contributed by atoms with Crippen molar-refractivity contribution in [3.8, 4) is 28.4 Å². The highest BCUT2D eigenvalue weighted by molar-refractivity contribution is 7.99. The molecule has 0 saturated heterocycles. The van der Waals surface area contributed by atoms with Crippen LogP contribution in [0.15, 0.2) is 88.7 Å². The van der Waals surface area contributed by atoms with Crippen LogP contribution >= 0.6 is 23.1 Å². The third-order valence-electron chi connectivity index (χ3n) is 7.51. The van der Waals surface area contributed by atoms with Crippen LogP contribution in [0, 0.1) is 0 Å². The average molecular weight is 664 g/mol. The minimum absolute atomic E-state index is 0.214. The molecule has 6 rings (SSSR count). The van der Waals surface area contributed by atoms with E-state index in [1.54, 1.807) is 13.2 Å². The molecule has 8 nitrogen and oxygen atoms in total. The van der Waals surface area contributed by atoms with Crippen LogP contribution in [-0.2, 0) is 0 Å². The summed E-state index contributed by atoms with van der Waals surface area (Å²) in [5.74, 6) is 2.94. The number of hydrogen-bond acceptors (Lipinski definition) is 8. The summed E-state index contributed by atoms with van der Waals surface area (Å²) in [7, 11) is 1.63. The molecule has 0 aliphatic heterocycles. The Bertz CT molecular complexity index is 2080. The maximum absolute atomic E-state index is 13.5. The van der Waals surface area contributed by atoms with Crippen LogP contribution in [0.25, 0.3) is 40.1 Å². The molecular weight excluding hydrogens is 627 g/mol. The van der Waals surface area contributed by atoms with Crippen molar-refractivity contribution in [1.82, 2.24) is 24.4 Å². The van der Waals surface area contributed by atoms with Gasteiger partial charge in [0.2, 0.25) is 4.96 Å². The second kappa shape index (κ2) is 15.3. The number of hydrogen-bond donors (Lipinski definition) is 0. The molecule has 0 atom stereocenters. The smallest absolute Gasteiger partial charge is 0.291 e. The lowest BCUT2D eigenvalue weighted by Gasteiger charge is -2.10. The standard InChI is InChI=1S/C37H37N5O3S2/c1-4-6-21-45-31-19-13-26(23-32(31)44-3)14-20-34-38-37-42(39-34)36(43)33(47-37)24-28-25-41(29-11-9-8-10-12-29)40-35(28)27-15-17-30(18-16-27)46-22-7-5-2/h8-20,23-25H,4-7,21-22H2,1-3H3/b20-14+,33-24-. The maximum atomic E-state index is 13.5. The van der Waals surface area contributed by atoms with Crippen LogP contribution in [0.1, 0.15) is 56.5 Å². The van der Waals surface area contributed by atoms with Gasteiger partial charge in [-0.1, -0.05) is 80.5 Å². The number of methoxy groups -OCH3 is 1. The first kappa shape index (κ1) is 32.3. The van der Waals surface area contributed by atoms with Crippen molar-refractivity contribution in [2.24, 2.45) is 0 Å². The van der Waals surface area contributed by atoms with E-state index in [4.69, 9.17) is 14.6 Å². The Labute approximate surface area is 282 Å². The number of fused-ring (bicyclic) bond motifs is 1. The lowest BCUT2D eigenvalue weighted by Crippen LogP contribution is -2.23. The summed E-state index contributed by atoms with van der Waals surface area (Å²) in [4.78, 5) is 19.9. The molecule has 0 unspecified atom stereocenters. The Hall–Kier alpha value is -4.67. The SMILES string of the molecule is CCCCOc1ccc(/C=C/c2nc3s/c(=C\c4cn(-c5ccccc5)nc4-c4ccc(SCCCC)cc4)c(=O)n3n2)cc1OC. The maximum Gasteiger partial charge on any atom is 0.291 e. The normalized spacial score (nSPS) is 12.0. The molecule has 0 radical (unpaired) electrons. The van der Waals surface area contributed by atoms with Gasteiger partial charge in [0, 0.05) is 22.2 Å². The Kier molecular flexibility index (Phi) is 10.5. The van der Waals surface area contributed by atoms with Crippen LogP contribution in [0.4, 0.5) is 0 Å². The number of rotatable bonds is 14. The second-order valence-electron chi connectivity index (χ2n) is 11.0. The number of thioether (sulfide) groups is 1. The molecule has 0 aliphatic carbocycles. The Morgan fingerprint density at radius 3 is 2.47 bits per heavy atom. The fourth-order valence-electron chi connectivity index (χ4n) is 4.94. The van der Waals surface area contributed by atoms with Crippen molar-refractivity contribution < 1.29 is 9.47 Å². The molecule has 0 saturated carbocycles. The van der Waals surface area contributed by atoms with Crippen LogP contribution in [0.3, 0.4) is 0 Å². The van der Waals surface area contributed by atoms with E-state index in [2.05, 4.69) is 48.2 Å². The number of para-hydroxylation sites is 1. The molecule has 3 aromatic heterocycles. The van der Waals surface area contributed by atoms with Gasteiger partial charge < -0.3 is 9.47 Å². The molecule has 0 spiro atoms. The second-order valence-corrected chi connectivity index (χ2v) is 13.1. The van der Waals surface area contributed by atoms with Gasteiger partial charge in [-0.05, 0) is 72.7 Å². The van der Waals surface area contributed by atoms with Gasteiger partial charge in [0.25, 0.3) is 5.56 Å². The third-order valence-corrected chi connectivity index (χ3v) is 9.57. The first-order valence-electron chi connectivity index (χ1n) is 15.8. The predicted molar refractivity (Wildman–Crippen MR) is 193 cm³/mol. The molecule has 3 heterocycles. The number of benzene rings is 3. The Balaban J connectivity index is 1.28. The van der Waals surface area contributed by atoms with E-state index in [-0.39, 0.29) is 5.56 Å². The zero-order valence-corrected chi connectivity index (χ0v) is 28.4. The molecule has 3 aromatic carbocycles. The lowest BCUT2D eigenvalue weighted by molar-refractivity contribution is 0.288. The molecule has 10 heteroatoms. The average Bonchev–Trinajstić information content (AvgIpc) is 3.79. The highest BCUT2D eigenvalue weighted by atomic mass is 32.2. The largest absolute Gasteiger partial charge is 0.493 e. The monoisotopic (exact) mass is 663 g/mol. The predicted octanol–water partition coefficient (Wildman–Crippen LogP) is 7.80. The van der Waals surface area contributed by atoms with Crippen molar-refractivity contribution in [3.63, 3.8) is 0 Å². The summed E-state index contributed by atoms with van der Waals surface area (Å²) < 4.78 is 15.1. The van der Waals surface area contributed by atoms with E-state index < -0.39 is 0 Å². The van der Waals surface area contributed by atoms with Crippen molar-refractivity contribution in [2.45, 2.75) is 44.4 Å². The van der Waals surface area contributed by atoms with Gasteiger partial charge >= 0.3 is 0 Å². The van der Waals surface area contributed by atoms with Crippen LogP contribution < -0.4 is 19.6 Å². The first-order valence-corrected chi connectivity index (χ1v) is 17.6. The van der Waals surface area contributed by atoms with Gasteiger partial charge in [-0.25, -0.2) is 4.68 Å². The number of aromatic nitrogens is 5. The molecule has 47 heavy (non-hydrogen) atoms. The summed E-state index contributed by atoms with van der Waals surface area (Å²) in [6.45, 7) is 4.99. The van der Waals surface area contributed by atoms with Crippen molar-refractivity contribution in [2.75, 3.05) is 19.5 Å². The first-order chi connectivity index (χ1) is 23.1. The fraction of sp³-hybridized carbons (Fsp3) is 0.243. The third kappa shape index (κ3) is 7.66. The molecule has 0 bridgehead atoms. The van der Waals surface area contributed by atoms with E-state index in [1.165, 1.54) is 33.6 Å². The highest BCUT2D eigenvalue weighted by Gasteiger charge is 2.14. The molecule has 240 valence electrons.